The number of rotatable bonds is 1. The van der Waals surface area contributed by atoms with E-state index in [-0.39, 0.29) is 37.7 Å². The van der Waals surface area contributed by atoms with Crippen molar-refractivity contribution < 1.29 is 60.9 Å². The summed E-state index contributed by atoms with van der Waals surface area (Å²) < 4.78 is 36.1. The van der Waals surface area contributed by atoms with Crippen molar-refractivity contribution in [2.24, 2.45) is 0 Å². The normalized spacial score (nSPS) is 9.69. The first-order valence-corrected chi connectivity index (χ1v) is 4.83. The average Bonchev–Trinajstić information content (AvgIpc) is 2.02. The molecule has 0 unspecified atom stereocenters. The van der Waals surface area contributed by atoms with Crippen LogP contribution in [0, 0.1) is 23.0 Å². The first kappa shape index (κ1) is 18.3. The Kier molecular flexibility index (Phi) is 7.54. The van der Waals surface area contributed by atoms with E-state index in [9.17, 15) is 23.1 Å². The van der Waals surface area contributed by atoms with Gasteiger partial charge in [0.15, 0.2) is 5.82 Å². The van der Waals surface area contributed by atoms with Crippen molar-refractivity contribution in [3.05, 3.63) is 29.3 Å². The number of hydrogen-bond donors (Lipinski definition) is 0. The van der Waals surface area contributed by atoms with Gasteiger partial charge in [0, 0.05) is 5.30 Å². The number of nitriles is 1. The van der Waals surface area contributed by atoms with E-state index in [0.29, 0.717) is 12.1 Å². The third-order valence-corrected chi connectivity index (χ3v) is 2.41. The Morgan fingerprint density at radius 2 is 1.75 bits per heavy atom. The second kappa shape index (κ2) is 6.60. The van der Waals surface area contributed by atoms with Crippen LogP contribution in [0.15, 0.2) is 12.1 Å². The van der Waals surface area contributed by atoms with Crippen molar-refractivity contribution in [3.8, 4) is 6.07 Å². The summed E-state index contributed by atoms with van der Waals surface area (Å²) in [5, 5.41) is 7.07. The molecule has 0 atom stereocenters. The molecule has 0 bridgehead atoms. The maximum atomic E-state index is 13.0. The molecule has 1 rings (SSSR count). The van der Waals surface area contributed by atoms with E-state index in [0.717, 1.165) is 6.07 Å². The summed E-state index contributed by atoms with van der Waals surface area (Å²) >= 11 is 0. The smallest absolute Gasteiger partial charge is 0.807 e. The van der Waals surface area contributed by atoms with E-state index >= 15 is 0 Å². The van der Waals surface area contributed by atoms with Crippen LogP contribution in [0.25, 0.3) is 0 Å². The van der Waals surface area contributed by atoms with Crippen molar-refractivity contribution in [2.45, 2.75) is 0 Å². The second-order valence-corrected chi connectivity index (χ2v) is 3.84. The zero-order valence-electron chi connectivity index (χ0n) is 8.53. The van der Waals surface area contributed by atoms with E-state index < -0.39 is 30.1 Å². The third-order valence-electron chi connectivity index (χ3n) is 1.48. The minimum atomic E-state index is -5.31. The number of nitrogens with zero attached hydrogens (tertiary/aromatic N) is 1. The Hall–Kier alpha value is -0.0852. The van der Waals surface area contributed by atoms with E-state index in [1.54, 1.807) is 0 Å². The van der Waals surface area contributed by atoms with E-state index in [2.05, 4.69) is 0 Å². The third kappa shape index (κ3) is 3.74. The number of benzene rings is 1. The fourth-order valence-corrected chi connectivity index (χ4v) is 1.46. The van der Waals surface area contributed by atoms with Crippen molar-refractivity contribution in [3.63, 3.8) is 0 Å². The van der Waals surface area contributed by atoms with Gasteiger partial charge in [0.1, 0.15) is 17.4 Å². The van der Waals surface area contributed by atoms with Crippen molar-refractivity contribution in [2.75, 3.05) is 0 Å². The summed E-state index contributed by atoms with van der Waals surface area (Å²) in [6, 6.07) is 2.17. The molecule has 0 radical (unpaired) electrons. The number of hydrogen-bond acceptors (Lipinski definition) is 4. The Balaban J connectivity index is 0. The molecule has 0 aliphatic carbocycles. The summed E-state index contributed by atoms with van der Waals surface area (Å²) in [4.78, 5) is 20.9. The Labute approximate surface area is 114 Å². The monoisotopic (exact) mass is 231 g/mol. The molecular formula is C7H2F2Li2NO3P. The van der Waals surface area contributed by atoms with E-state index in [1.165, 1.54) is 0 Å². The predicted octanol–water partition coefficient (Wildman–Crippen LogP) is -6.62. The molecule has 0 heterocycles. The van der Waals surface area contributed by atoms with Crippen LogP contribution in [0.4, 0.5) is 8.78 Å². The van der Waals surface area contributed by atoms with Gasteiger partial charge in [-0.15, -0.1) is 0 Å². The predicted molar refractivity (Wildman–Crippen MR) is 38.3 cm³/mol. The molecule has 0 saturated carbocycles. The topological polar surface area (TPSA) is 87.0 Å². The maximum absolute atomic E-state index is 13.0. The van der Waals surface area contributed by atoms with Crippen molar-refractivity contribution >= 4 is 12.9 Å². The molecule has 0 N–H and O–H groups in total. The quantitative estimate of drug-likeness (QED) is 0.355. The fourth-order valence-electron chi connectivity index (χ4n) is 0.855. The van der Waals surface area contributed by atoms with Gasteiger partial charge in [-0.3, -0.25) is 0 Å². The molecule has 16 heavy (non-hydrogen) atoms. The standard InChI is InChI=1S/C7H4F2NO3P.2Li/c8-5-1-2-6(14(11,12)13)7(9)4(5)3-10;;/h1-2H,(H2,11,12,13);;/q;2*+1/p-2. The first-order chi connectivity index (χ1) is 6.38. The van der Waals surface area contributed by atoms with Crippen LogP contribution in [0.3, 0.4) is 0 Å². The summed E-state index contributed by atoms with van der Waals surface area (Å²) in [7, 11) is -5.31. The molecule has 0 spiro atoms. The Bertz CT molecular complexity index is 471. The molecule has 1 aromatic rings. The van der Waals surface area contributed by atoms with Gasteiger partial charge in [0.05, 0.1) is 0 Å². The molecule has 0 aromatic heterocycles. The SMILES string of the molecule is N#Cc1c(F)ccc(P(=O)([O-])[O-])c1F.[Li+].[Li+]. The van der Waals surface area contributed by atoms with E-state index in [1.807, 2.05) is 0 Å². The molecule has 0 saturated heterocycles. The Morgan fingerprint density at radius 1 is 1.25 bits per heavy atom. The molecule has 0 aliphatic rings. The van der Waals surface area contributed by atoms with Crippen LogP contribution >= 0.6 is 7.60 Å². The van der Waals surface area contributed by atoms with E-state index in [4.69, 9.17) is 5.26 Å². The van der Waals surface area contributed by atoms with Crippen LogP contribution in [0.2, 0.25) is 0 Å². The molecule has 4 nitrogen and oxygen atoms in total. The zero-order valence-corrected chi connectivity index (χ0v) is 9.42. The van der Waals surface area contributed by atoms with Gasteiger partial charge in [0.2, 0.25) is 0 Å². The van der Waals surface area contributed by atoms with Crippen LogP contribution in [-0.4, -0.2) is 0 Å². The van der Waals surface area contributed by atoms with Crippen LogP contribution in [0.5, 0.6) is 0 Å². The largest absolute Gasteiger partial charge is 1.00 e. The summed E-state index contributed by atoms with van der Waals surface area (Å²) in [6.07, 6.45) is 0. The van der Waals surface area contributed by atoms with Gasteiger partial charge in [-0.25, -0.2) is 8.78 Å². The molecule has 9 heteroatoms. The fraction of sp³-hybridized carbons (Fsp3) is 0. The zero-order chi connectivity index (χ0) is 10.9. The van der Waals surface area contributed by atoms with Gasteiger partial charge in [0.25, 0.3) is 0 Å². The maximum Gasteiger partial charge on any atom is 1.00 e. The molecule has 0 amide bonds. The molecule has 1 aromatic carbocycles. The van der Waals surface area contributed by atoms with Gasteiger partial charge in [-0.05, 0) is 19.7 Å². The van der Waals surface area contributed by atoms with Gasteiger partial charge in [-0.1, -0.05) is 0 Å². The van der Waals surface area contributed by atoms with Gasteiger partial charge >= 0.3 is 37.7 Å². The molecule has 0 fully saturated rings. The molecule has 74 valence electrons. The molecule has 0 aliphatic heterocycles. The van der Waals surface area contributed by atoms with Crippen molar-refractivity contribution in [1.82, 2.24) is 0 Å². The second-order valence-electron chi connectivity index (χ2n) is 2.36. The minimum Gasteiger partial charge on any atom is -0.807 e. The Morgan fingerprint density at radius 3 is 2.12 bits per heavy atom. The van der Waals surface area contributed by atoms with Crippen LogP contribution in [0.1, 0.15) is 5.56 Å². The minimum absolute atomic E-state index is 0. The first-order valence-electron chi connectivity index (χ1n) is 3.28. The van der Waals surface area contributed by atoms with Gasteiger partial charge in [-0.2, -0.15) is 5.26 Å². The summed E-state index contributed by atoms with van der Waals surface area (Å²) in [5.74, 6) is -2.84. The van der Waals surface area contributed by atoms with Gasteiger partial charge < -0.3 is 14.4 Å². The number of halogens is 2. The van der Waals surface area contributed by atoms with Crippen LogP contribution < -0.4 is 52.8 Å². The summed E-state index contributed by atoms with van der Waals surface area (Å²) in [6.45, 7) is 0. The van der Waals surface area contributed by atoms with Crippen molar-refractivity contribution in [1.29, 1.82) is 5.26 Å². The average molecular weight is 231 g/mol. The summed E-state index contributed by atoms with van der Waals surface area (Å²) in [5.41, 5.74) is -1.07. The van der Waals surface area contributed by atoms with Crippen LogP contribution in [-0.2, 0) is 4.57 Å². The molecular weight excluding hydrogens is 229 g/mol.